The zero-order chi connectivity index (χ0) is 22.6. The Bertz CT molecular complexity index is 1410. The molecule has 6 nitrogen and oxygen atoms in total. The Hall–Kier alpha value is -3.68. The summed E-state index contributed by atoms with van der Waals surface area (Å²) in [5, 5.41) is 6.60. The molecule has 0 spiro atoms. The van der Waals surface area contributed by atoms with E-state index in [2.05, 4.69) is 15.2 Å². The standard InChI is InChI=1S/C24H18ClN3O3S/c25-20-11-13-21(14-12-20)28-32(30,31)22-9-4-7-18(15-22)24(29)27-26-16-19-8-3-6-17-5-1-2-10-23(17)19/h1-16,28H,(H,27,29)/b26-16-. The van der Waals surface area contributed by atoms with E-state index in [9.17, 15) is 13.2 Å². The SMILES string of the molecule is O=C(N/N=C\c1cccc2ccccc12)c1cccc(S(=O)(=O)Nc2ccc(Cl)cc2)c1. The highest BCUT2D eigenvalue weighted by atomic mass is 35.5. The maximum atomic E-state index is 12.7. The first-order valence-electron chi connectivity index (χ1n) is 9.62. The number of carbonyl (C=O) groups is 1. The largest absolute Gasteiger partial charge is 0.280 e. The highest BCUT2D eigenvalue weighted by Gasteiger charge is 2.16. The first kappa shape index (κ1) is 21.5. The van der Waals surface area contributed by atoms with Crippen molar-refractivity contribution < 1.29 is 13.2 Å². The molecule has 0 saturated heterocycles. The van der Waals surface area contributed by atoms with Crippen molar-refractivity contribution in [3.63, 3.8) is 0 Å². The van der Waals surface area contributed by atoms with Crippen molar-refractivity contribution in [3.8, 4) is 0 Å². The normalized spacial score (nSPS) is 11.5. The molecule has 0 unspecified atom stereocenters. The molecule has 0 aliphatic carbocycles. The number of nitrogens with one attached hydrogen (secondary N) is 2. The first-order chi connectivity index (χ1) is 15.4. The molecule has 4 rings (SSSR count). The Labute approximate surface area is 190 Å². The van der Waals surface area contributed by atoms with E-state index in [0.717, 1.165) is 16.3 Å². The molecule has 0 saturated carbocycles. The number of sulfonamides is 1. The van der Waals surface area contributed by atoms with E-state index in [-0.39, 0.29) is 10.5 Å². The molecule has 8 heteroatoms. The molecule has 32 heavy (non-hydrogen) atoms. The summed E-state index contributed by atoms with van der Waals surface area (Å²) in [5.41, 5.74) is 3.83. The van der Waals surface area contributed by atoms with Crippen LogP contribution in [0.25, 0.3) is 10.8 Å². The average Bonchev–Trinajstić information content (AvgIpc) is 2.80. The van der Waals surface area contributed by atoms with Gasteiger partial charge in [-0.25, -0.2) is 13.8 Å². The lowest BCUT2D eigenvalue weighted by Gasteiger charge is -2.09. The van der Waals surface area contributed by atoms with Crippen LogP contribution in [0.5, 0.6) is 0 Å². The Morgan fingerprint density at radius 1 is 0.875 bits per heavy atom. The van der Waals surface area contributed by atoms with Crippen molar-refractivity contribution in [1.29, 1.82) is 0 Å². The third kappa shape index (κ3) is 4.96. The molecule has 160 valence electrons. The van der Waals surface area contributed by atoms with E-state index in [1.54, 1.807) is 30.5 Å². The van der Waals surface area contributed by atoms with Gasteiger partial charge in [-0.05, 0) is 53.2 Å². The summed E-state index contributed by atoms with van der Waals surface area (Å²) in [6, 6.07) is 25.6. The lowest BCUT2D eigenvalue weighted by Crippen LogP contribution is -2.19. The summed E-state index contributed by atoms with van der Waals surface area (Å²) in [6.07, 6.45) is 1.56. The summed E-state index contributed by atoms with van der Waals surface area (Å²) in [4.78, 5) is 12.5. The molecular formula is C24H18ClN3O3S. The number of anilines is 1. The number of carbonyl (C=O) groups excluding carboxylic acids is 1. The first-order valence-corrected chi connectivity index (χ1v) is 11.5. The van der Waals surface area contributed by atoms with Crippen LogP contribution in [0.1, 0.15) is 15.9 Å². The van der Waals surface area contributed by atoms with Gasteiger partial charge in [0.15, 0.2) is 0 Å². The van der Waals surface area contributed by atoms with Crippen LogP contribution in [-0.2, 0) is 10.0 Å². The van der Waals surface area contributed by atoms with E-state index in [1.807, 2.05) is 42.5 Å². The highest BCUT2D eigenvalue weighted by Crippen LogP contribution is 2.20. The minimum Gasteiger partial charge on any atom is -0.280 e. The smallest absolute Gasteiger partial charge is 0.271 e. The van der Waals surface area contributed by atoms with Crippen molar-refractivity contribution in [3.05, 3.63) is 107 Å². The second kappa shape index (κ2) is 9.21. The molecule has 0 heterocycles. The molecule has 0 atom stereocenters. The summed E-state index contributed by atoms with van der Waals surface area (Å²) in [6.45, 7) is 0. The van der Waals surface area contributed by atoms with Crippen molar-refractivity contribution in [2.75, 3.05) is 4.72 Å². The maximum Gasteiger partial charge on any atom is 0.271 e. The van der Waals surface area contributed by atoms with Gasteiger partial charge in [-0.1, -0.05) is 60.1 Å². The fourth-order valence-corrected chi connectivity index (χ4v) is 4.35. The number of nitrogens with zero attached hydrogens (tertiary/aromatic N) is 1. The van der Waals surface area contributed by atoms with Gasteiger partial charge in [0, 0.05) is 21.8 Å². The van der Waals surface area contributed by atoms with E-state index in [4.69, 9.17) is 11.6 Å². The molecule has 4 aromatic rings. The Kier molecular flexibility index (Phi) is 6.20. The van der Waals surface area contributed by atoms with Gasteiger partial charge >= 0.3 is 0 Å². The summed E-state index contributed by atoms with van der Waals surface area (Å²) in [5.74, 6) is -0.523. The number of fused-ring (bicyclic) bond motifs is 1. The second-order valence-corrected chi connectivity index (χ2v) is 9.03. The van der Waals surface area contributed by atoms with Crippen LogP contribution in [0.15, 0.2) is 101 Å². The molecule has 0 aliphatic heterocycles. The molecular weight excluding hydrogens is 446 g/mol. The van der Waals surface area contributed by atoms with Crippen LogP contribution in [0.4, 0.5) is 5.69 Å². The van der Waals surface area contributed by atoms with Crippen LogP contribution >= 0.6 is 11.6 Å². The zero-order valence-corrected chi connectivity index (χ0v) is 18.3. The molecule has 0 radical (unpaired) electrons. The number of halogens is 1. The van der Waals surface area contributed by atoms with Gasteiger partial charge in [0.25, 0.3) is 15.9 Å². The number of hydrogen-bond acceptors (Lipinski definition) is 4. The van der Waals surface area contributed by atoms with Crippen molar-refractivity contribution in [2.24, 2.45) is 5.10 Å². The van der Waals surface area contributed by atoms with Gasteiger partial charge in [-0.15, -0.1) is 0 Å². The zero-order valence-electron chi connectivity index (χ0n) is 16.7. The van der Waals surface area contributed by atoms with Gasteiger partial charge in [-0.3, -0.25) is 9.52 Å². The minimum atomic E-state index is -3.88. The van der Waals surface area contributed by atoms with Crippen LogP contribution in [-0.4, -0.2) is 20.5 Å². The fourth-order valence-electron chi connectivity index (χ4n) is 3.12. The van der Waals surface area contributed by atoms with Gasteiger partial charge < -0.3 is 0 Å². The number of benzene rings is 4. The molecule has 1 amide bonds. The average molecular weight is 464 g/mol. The number of hydrogen-bond donors (Lipinski definition) is 2. The van der Waals surface area contributed by atoms with Gasteiger partial charge in [0.2, 0.25) is 0 Å². The van der Waals surface area contributed by atoms with E-state index >= 15 is 0 Å². The maximum absolute atomic E-state index is 12.7. The van der Waals surface area contributed by atoms with Gasteiger partial charge in [0.05, 0.1) is 11.1 Å². The second-order valence-electron chi connectivity index (χ2n) is 6.91. The van der Waals surface area contributed by atoms with Gasteiger partial charge in [0.1, 0.15) is 0 Å². The fraction of sp³-hybridized carbons (Fsp3) is 0. The number of rotatable bonds is 6. The van der Waals surface area contributed by atoms with Crippen molar-refractivity contribution in [1.82, 2.24) is 5.43 Å². The molecule has 2 N–H and O–H groups in total. The van der Waals surface area contributed by atoms with Crippen LogP contribution in [0.2, 0.25) is 5.02 Å². The molecule has 0 bridgehead atoms. The topological polar surface area (TPSA) is 87.6 Å². The Balaban J connectivity index is 1.49. The summed E-state index contributed by atoms with van der Waals surface area (Å²) < 4.78 is 27.8. The predicted octanol–water partition coefficient (Wildman–Crippen LogP) is 5.06. The summed E-state index contributed by atoms with van der Waals surface area (Å²) in [7, 11) is -3.88. The van der Waals surface area contributed by atoms with Crippen LogP contribution in [0, 0.1) is 0 Å². The molecule has 0 fully saturated rings. The van der Waals surface area contributed by atoms with Crippen molar-refractivity contribution in [2.45, 2.75) is 4.90 Å². The molecule has 0 aliphatic rings. The molecule has 4 aromatic carbocycles. The predicted molar refractivity (Wildman–Crippen MR) is 128 cm³/mol. The summed E-state index contributed by atoms with van der Waals surface area (Å²) >= 11 is 5.83. The number of hydrazone groups is 1. The monoisotopic (exact) mass is 463 g/mol. The lowest BCUT2D eigenvalue weighted by atomic mass is 10.1. The van der Waals surface area contributed by atoms with Crippen LogP contribution in [0.3, 0.4) is 0 Å². The highest BCUT2D eigenvalue weighted by molar-refractivity contribution is 7.92. The van der Waals surface area contributed by atoms with E-state index in [0.29, 0.717) is 10.7 Å². The number of amides is 1. The third-order valence-corrected chi connectivity index (χ3v) is 6.33. The quantitative estimate of drug-likeness (QED) is 0.309. The van der Waals surface area contributed by atoms with E-state index in [1.165, 1.54) is 24.3 Å². The van der Waals surface area contributed by atoms with Crippen molar-refractivity contribution >= 4 is 50.2 Å². The van der Waals surface area contributed by atoms with E-state index < -0.39 is 15.9 Å². The lowest BCUT2D eigenvalue weighted by molar-refractivity contribution is 0.0955. The minimum absolute atomic E-state index is 0.0434. The van der Waals surface area contributed by atoms with Gasteiger partial charge in [-0.2, -0.15) is 5.10 Å². The molecule has 0 aromatic heterocycles. The Morgan fingerprint density at radius 3 is 2.41 bits per heavy atom. The van der Waals surface area contributed by atoms with Crippen LogP contribution < -0.4 is 10.1 Å². The third-order valence-electron chi connectivity index (χ3n) is 4.70. The Morgan fingerprint density at radius 2 is 1.59 bits per heavy atom.